The Hall–Kier alpha value is -5.05. The molecule has 9 fully saturated rings. The molecule has 8 atom stereocenters. The van der Waals surface area contributed by atoms with Gasteiger partial charge in [0, 0.05) is 52.5 Å². The number of aliphatic carboxylic acids is 1. The third-order valence-corrected chi connectivity index (χ3v) is 12.8. The minimum Gasteiger partial charge on any atom is -0.478 e. The molecule has 9 aliphatic rings. The Morgan fingerprint density at radius 2 is 1.19 bits per heavy atom. The number of carboxylic acids is 1. The molecule has 0 radical (unpaired) electrons. The molecule has 6 bridgehead atoms. The van der Waals surface area contributed by atoms with E-state index in [1.54, 1.807) is 20.8 Å². The second kappa shape index (κ2) is 20.6. The minimum atomic E-state index is -0.935. The lowest BCUT2D eigenvalue weighted by molar-refractivity contribution is -0.217. The van der Waals surface area contributed by atoms with E-state index in [1.165, 1.54) is 33.1 Å². The molecule has 9 rings (SSSR count). The van der Waals surface area contributed by atoms with Crippen molar-refractivity contribution in [2.24, 2.45) is 29.6 Å². The first kappa shape index (κ1) is 50.6. The summed E-state index contributed by atoms with van der Waals surface area (Å²) in [6, 6.07) is 0. The van der Waals surface area contributed by atoms with Gasteiger partial charge in [-0.25, -0.2) is 28.8 Å². The van der Waals surface area contributed by atoms with Crippen molar-refractivity contribution in [2.75, 3.05) is 6.61 Å². The van der Waals surface area contributed by atoms with Crippen LogP contribution in [0.1, 0.15) is 125 Å². The second-order valence-electron chi connectivity index (χ2n) is 19.1. The first-order chi connectivity index (χ1) is 29.3. The highest BCUT2D eigenvalue weighted by molar-refractivity contribution is 5.90. The van der Waals surface area contributed by atoms with Gasteiger partial charge in [-0.05, 0) is 124 Å². The molecule has 7 aliphatic carbocycles. The number of carbonyl (C=O) groups excluding carboxylic acids is 6. The van der Waals surface area contributed by atoms with Crippen LogP contribution in [0.2, 0.25) is 0 Å². The van der Waals surface area contributed by atoms with Gasteiger partial charge in [-0.3, -0.25) is 4.79 Å². The van der Waals surface area contributed by atoms with Crippen molar-refractivity contribution in [3.05, 3.63) is 60.8 Å². The summed E-state index contributed by atoms with van der Waals surface area (Å²) in [6.45, 7) is 27.6. The predicted molar refractivity (Wildman–Crippen MR) is 228 cm³/mol. The molecule has 63 heavy (non-hydrogen) atoms. The van der Waals surface area contributed by atoms with E-state index in [4.69, 9.17) is 28.8 Å². The topological polar surface area (TPSA) is 215 Å². The number of carbonyl (C=O) groups is 7. The summed E-state index contributed by atoms with van der Waals surface area (Å²) in [4.78, 5) is 77.2. The van der Waals surface area contributed by atoms with Crippen LogP contribution >= 0.6 is 0 Å². The zero-order chi connectivity index (χ0) is 47.2. The number of hydrogen-bond donors (Lipinski definition) is 2. The Labute approximate surface area is 370 Å². The van der Waals surface area contributed by atoms with Gasteiger partial charge in [-0.1, -0.05) is 32.9 Å². The summed E-state index contributed by atoms with van der Waals surface area (Å²) in [7, 11) is 0. The average molecular weight is 883 g/mol. The van der Waals surface area contributed by atoms with Gasteiger partial charge in [0.25, 0.3) is 0 Å². The molecule has 0 aromatic heterocycles. The average Bonchev–Trinajstić information content (AvgIpc) is 3.99. The van der Waals surface area contributed by atoms with E-state index >= 15 is 0 Å². The van der Waals surface area contributed by atoms with E-state index < -0.39 is 35.2 Å². The van der Waals surface area contributed by atoms with Crippen LogP contribution in [-0.4, -0.2) is 93.7 Å². The van der Waals surface area contributed by atoms with Crippen LogP contribution in [0, 0.1) is 29.6 Å². The smallest absolute Gasteiger partial charge is 0.347 e. The summed E-state index contributed by atoms with van der Waals surface area (Å²) < 4.78 is 31.0. The molecule has 348 valence electrons. The van der Waals surface area contributed by atoms with Crippen molar-refractivity contribution in [3.63, 3.8) is 0 Å². The number of hydrogen-bond acceptors (Lipinski definition) is 14. The molecule has 2 heterocycles. The lowest BCUT2D eigenvalue weighted by Gasteiger charge is -2.59. The SMILES string of the molecule is C=C(C)C(=O)O.C=C(C)C(=O)OC1(C)CCCC1.C=C(C)C(=O)OC12CC3CC(CC(O)(C3)C1)C2.C=C(C)C(=O)OC1C2CC3C(=O)OC1C3C2.C=C(C)C(=O)OC1CCOC1=O. The van der Waals surface area contributed by atoms with E-state index in [1.807, 2.05) is 6.92 Å². The van der Waals surface area contributed by atoms with E-state index in [-0.39, 0.29) is 64.7 Å². The first-order valence-electron chi connectivity index (χ1n) is 21.8. The maximum Gasteiger partial charge on any atom is 0.347 e. The van der Waals surface area contributed by atoms with Crippen molar-refractivity contribution in [1.82, 2.24) is 0 Å². The van der Waals surface area contributed by atoms with Crippen LogP contribution in [0.3, 0.4) is 0 Å². The fourth-order valence-electron chi connectivity index (χ4n) is 10.2. The highest BCUT2D eigenvalue weighted by atomic mass is 16.6. The van der Waals surface area contributed by atoms with Gasteiger partial charge in [0.05, 0.1) is 18.1 Å². The molecule has 2 saturated heterocycles. The maximum atomic E-state index is 11.7. The van der Waals surface area contributed by atoms with Crippen LogP contribution in [0.15, 0.2) is 60.8 Å². The Bertz CT molecular complexity index is 1860. The summed E-state index contributed by atoms with van der Waals surface area (Å²) in [5, 5.41) is 18.4. The highest BCUT2D eigenvalue weighted by Gasteiger charge is 2.63. The normalized spacial score (nSPS) is 32.4. The zero-order valence-electron chi connectivity index (χ0n) is 37.8. The van der Waals surface area contributed by atoms with Crippen LogP contribution in [-0.2, 0) is 62.0 Å². The molecule has 2 N–H and O–H groups in total. The van der Waals surface area contributed by atoms with Crippen molar-refractivity contribution in [2.45, 2.75) is 160 Å². The van der Waals surface area contributed by atoms with Gasteiger partial charge in [0.1, 0.15) is 23.4 Å². The van der Waals surface area contributed by atoms with Crippen molar-refractivity contribution < 1.29 is 72.2 Å². The lowest BCUT2D eigenvalue weighted by Crippen LogP contribution is -2.60. The minimum absolute atomic E-state index is 0.0646. The Morgan fingerprint density at radius 1 is 0.683 bits per heavy atom. The van der Waals surface area contributed by atoms with Crippen molar-refractivity contribution in [1.29, 1.82) is 0 Å². The summed E-state index contributed by atoms with van der Waals surface area (Å²) in [5.74, 6) is -1.25. The van der Waals surface area contributed by atoms with Crippen LogP contribution < -0.4 is 0 Å². The molecule has 8 unspecified atom stereocenters. The predicted octanol–water partition coefficient (Wildman–Crippen LogP) is 6.75. The summed E-state index contributed by atoms with van der Waals surface area (Å²) in [6.07, 6.45) is 10.9. The van der Waals surface area contributed by atoms with Gasteiger partial charge < -0.3 is 38.6 Å². The quantitative estimate of drug-likeness (QED) is 0.139. The van der Waals surface area contributed by atoms with Crippen molar-refractivity contribution in [3.8, 4) is 0 Å². The van der Waals surface area contributed by atoms with Crippen molar-refractivity contribution >= 4 is 41.8 Å². The van der Waals surface area contributed by atoms with Gasteiger partial charge in [-0.2, -0.15) is 0 Å². The molecule has 0 aromatic rings. The Balaban J connectivity index is 0.000000179. The number of carboxylic acid groups (broad SMARTS) is 1. The fraction of sp³-hybridized carbons (Fsp3) is 0.646. The molecular formula is C48H66O15. The number of ether oxygens (including phenoxy) is 6. The Morgan fingerprint density at radius 3 is 1.65 bits per heavy atom. The number of fused-ring (bicyclic) bond motifs is 1. The zero-order valence-corrected chi connectivity index (χ0v) is 37.8. The van der Waals surface area contributed by atoms with Gasteiger partial charge in [-0.15, -0.1) is 0 Å². The van der Waals surface area contributed by atoms with E-state index in [9.17, 15) is 38.7 Å². The maximum absolute atomic E-state index is 11.7. The number of rotatable bonds is 9. The van der Waals surface area contributed by atoms with E-state index in [2.05, 4.69) is 37.6 Å². The first-order valence-corrected chi connectivity index (χ1v) is 21.8. The van der Waals surface area contributed by atoms with E-state index in [0.29, 0.717) is 53.9 Å². The van der Waals surface area contributed by atoms with Gasteiger partial charge >= 0.3 is 41.8 Å². The van der Waals surface area contributed by atoms with Crippen LogP contribution in [0.4, 0.5) is 0 Å². The largest absolute Gasteiger partial charge is 0.478 e. The molecular weight excluding hydrogens is 817 g/mol. The number of aliphatic hydroxyl groups is 1. The monoisotopic (exact) mass is 882 g/mol. The number of esters is 6. The number of cyclic esters (lactones) is 1. The molecule has 15 nitrogen and oxygen atoms in total. The molecule has 7 saturated carbocycles. The van der Waals surface area contributed by atoms with Crippen LogP contribution in [0.5, 0.6) is 0 Å². The summed E-state index contributed by atoms with van der Waals surface area (Å²) in [5.41, 5.74) is 0.619. The van der Waals surface area contributed by atoms with Crippen LogP contribution in [0.25, 0.3) is 0 Å². The third-order valence-electron chi connectivity index (χ3n) is 12.8. The molecule has 2 aliphatic heterocycles. The van der Waals surface area contributed by atoms with Gasteiger partial charge in [0.15, 0.2) is 0 Å². The molecule has 0 spiro atoms. The highest BCUT2D eigenvalue weighted by Crippen LogP contribution is 2.59. The fourth-order valence-corrected chi connectivity index (χ4v) is 10.2. The molecule has 0 aromatic carbocycles. The standard InChI is InChI=1S/C14H20O3.C12H14O4.C10H16O2.C8H10O4.C4H6O2/c1-9(2)12(15)17-14-6-10-3-11(7-14)5-13(16,4-10)8-14;1-5(2)11(13)15-9-6-3-7-8(4-6)12(14)16-10(7)9;1-8(2)9(11)12-10(3)6-4-5-7-10;1-5(2)7(9)12-6-3-4-11-8(6)10;1-3(2)4(5)6/h10-11,16H,1,3-8H2,2H3;6-10H,1,3-4H2,2H3;1,4-7H2,2-3H3;6H,1,3-4H2,2H3;1H2,2H3,(H,5,6). The summed E-state index contributed by atoms with van der Waals surface area (Å²) >= 11 is 0. The third kappa shape index (κ3) is 13.2. The Kier molecular flexibility index (Phi) is 16.6. The van der Waals surface area contributed by atoms with E-state index in [0.717, 1.165) is 51.4 Å². The molecule has 15 heteroatoms. The van der Waals surface area contributed by atoms with Gasteiger partial charge in [0.2, 0.25) is 6.10 Å². The molecule has 0 amide bonds. The second-order valence-corrected chi connectivity index (χ2v) is 19.1. The lowest BCUT2D eigenvalue weighted by atomic mass is 9.52.